The molecule has 0 saturated heterocycles. The summed E-state index contributed by atoms with van der Waals surface area (Å²) < 4.78 is 16.1. The van der Waals surface area contributed by atoms with Crippen LogP contribution >= 0.6 is 0 Å². The van der Waals surface area contributed by atoms with Crippen molar-refractivity contribution >= 4 is 29.0 Å². The first-order valence-electron chi connectivity index (χ1n) is 13.6. The van der Waals surface area contributed by atoms with Crippen LogP contribution in [0, 0.1) is 12.7 Å². The number of halogens is 1. The lowest BCUT2D eigenvalue weighted by atomic mass is 9.86. The first-order valence-corrected chi connectivity index (χ1v) is 13.6. The van der Waals surface area contributed by atoms with Crippen molar-refractivity contribution in [2.45, 2.75) is 39.2 Å². The maximum atomic E-state index is 15.0. The molecule has 43 heavy (non-hydrogen) atoms. The standard InChI is InChI=1S/C32H35FN6O4/c1-18-22(13-14-23(33)27(18)36-29(41)19-8-11-21(12-9-19)32(2,3)4)24-16-25(30(42)39(7)37-24)35-26-15-10-20(17-34-26)28(40)31(43)38(5)6/h8-17,28,40H,1-7H3,(H,34,35)(H,36,41)/t28-/m1/s1. The third kappa shape index (κ3) is 6.78. The van der Waals surface area contributed by atoms with Crippen LogP contribution in [0.3, 0.4) is 0 Å². The second-order valence-corrected chi connectivity index (χ2v) is 11.5. The molecule has 2 heterocycles. The van der Waals surface area contributed by atoms with Crippen molar-refractivity contribution in [3.05, 3.63) is 99.2 Å². The van der Waals surface area contributed by atoms with Crippen LogP contribution in [0.25, 0.3) is 11.3 Å². The second kappa shape index (κ2) is 12.1. The third-order valence-electron chi connectivity index (χ3n) is 7.04. The molecule has 0 spiro atoms. The van der Waals surface area contributed by atoms with E-state index in [0.29, 0.717) is 33.8 Å². The van der Waals surface area contributed by atoms with Crippen molar-refractivity contribution in [1.29, 1.82) is 0 Å². The molecule has 1 atom stereocenters. The van der Waals surface area contributed by atoms with E-state index >= 15 is 0 Å². The fourth-order valence-corrected chi connectivity index (χ4v) is 4.41. The molecule has 3 N–H and O–H groups in total. The van der Waals surface area contributed by atoms with Crippen LogP contribution in [-0.4, -0.2) is 50.7 Å². The van der Waals surface area contributed by atoms with Gasteiger partial charge in [0.15, 0.2) is 6.10 Å². The lowest BCUT2D eigenvalue weighted by molar-refractivity contribution is -0.137. The highest BCUT2D eigenvalue weighted by atomic mass is 19.1. The normalized spacial score (nSPS) is 12.0. The van der Waals surface area contributed by atoms with Crippen LogP contribution in [0.5, 0.6) is 0 Å². The lowest BCUT2D eigenvalue weighted by Crippen LogP contribution is -2.28. The molecule has 0 fully saturated rings. The molecule has 0 radical (unpaired) electrons. The summed E-state index contributed by atoms with van der Waals surface area (Å²) in [7, 11) is 4.56. The fourth-order valence-electron chi connectivity index (χ4n) is 4.41. The predicted octanol–water partition coefficient (Wildman–Crippen LogP) is 4.70. The summed E-state index contributed by atoms with van der Waals surface area (Å²) >= 11 is 0. The van der Waals surface area contributed by atoms with Crippen molar-refractivity contribution in [2.75, 3.05) is 24.7 Å². The Morgan fingerprint density at radius 2 is 1.72 bits per heavy atom. The number of nitrogens with zero attached hydrogens (tertiary/aromatic N) is 4. The highest BCUT2D eigenvalue weighted by Gasteiger charge is 2.21. The van der Waals surface area contributed by atoms with Gasteiger partial charge in [-0.25, -0.2) is 14.1 Å². The number of aliphatic hydroxyl groups is 1. The Bertz CT molecular complexity index is 1730. The van der Waals surface area contributed by atoms with Crippen LogP contribution in [-0.2, 0) is 17.3 Å². The molecule has 0 saturated carbocycles. The minimum Gasteiger partial charge on any atom is -0.378 e. The Labute approximate surface area is 249 Å². The first kappa shape index (κ1) is 31.0. The molecule has 0 aliphatic heterocycles. The Morgan fingerprint density at radius 3 is 2.30 bits per heavy atom. The van der Waals surface area contributed by atoms with Crippen molar-refractivity contribution in [2.24, 2.45) is 7.05 Å². The van der Waals surface area contributed by atoms with Crippen molar-refractivity contribution in [3.8, 4) is 11.3 Å². The smallest absolute Gasteiger partial charge is 0.290 e. The zero-order valence-electron chi connectivity index (χ0n) is 25.2. The molecule has 4 rings (SSSR count). The minimum absolute atomic E-state index is 0.00986. The van der Waals surface area contributed by atoms with Gasteiger partial charge in [0.2, 0.25) is 0 Å². The van der Waals surface area contributed by atoms with Gasteiger partial charge in [-0.3, -0.25) is 14.4 Å². The van der Waals surface area contributed by atoms with Gasteiger partial charge in [-0.05, 0) is 59.9 Å². The van der Waals surface area contributed by atoms with Gasteiger partial charge in [0, 0.05) is 44.0 Å². The molecule has 2 amide bonds. The molecule has 0 aliphatic rings. The number of benzene rings is 2. The number of anilines is 3. The topological polar surface area (TPSA) is 129 Å². The Kier molecular flexibility index (Phi) is 8.77. The van der Waals surface area contributed by atoms with E-state index in [1.807, 2.05) is 12.1 Å². The van der Waals surface area contributed by atoms with Crippen LogP contribution in [0.4, 0.5) is 21.6 Å². The first-order chi connectivity index (χ1) is 20.2. The molecule has 4 aromatic rings. The maximum absolute atomic E-state index is 15.0. The number of aryl methyl sites for hydroxylation is 1. The fraction of sp³-hybridized carbons (Fsp3) is 0.281. The minimum atomic E-state index is -1.36. The zero-order chi connectivity index (χ0) is 31.6. The van der Waals surface area contributed by atoms with Gasteiger partial charge in [0.05, 0.1) is 11.4 Å². The number of hydrogen-bond donors (Lipinski definition) is 3. The number of nitrogens with one attached hydrogen (secondary N) is 2. The van der Waals surface area contributed by atoms with Crippen LogP contribution < -0.4 is 16.2 Å². The van der Waals surface area contributed by atoms with Gasteiger partial charge in [-0.1, -0.05) is 39.0 Å². The Balaban J connectivity index is 1.62. The number of aliphatic hydroxyl groups excluding tert-OH is 1. The van der Waals surface area contributed by atoms with E-state index in [-0.39, 0.29) is 16.8 Å². The quantitative estimate of drug-likeness (QED) is 0.286. The number of carbonyl (C=O) groups excluding carboxylic acids is 2. The molecule has 0 bridgehead atoms. The molecular weight excluding hydrogens is 551 g/mol. The van der Waals surface area contributed by atoms with Gasteiger partial charge < -0.3 is 20.6 Å². The molecule has 0 aliphatic carbocycles. The average molecular weight is 587 g/mol. The highest BCUT2D eigenvalue weighted by Crippen LogP contribution is 2.31. The number of carbonyl (C=O) groups is 2. The van der Waals surface area contributed by atoms with Gasteiger partial charge in [0.1, 0.15) is 17.3 Å². The molecule has 2 aromatic carbocycles. The van der Waals surface area contributed by atoms with Crippen molar-refractivity contribution in [3.63, 3.8) is 0 Å². The van der Waals surface area contributed by atoms with Gasteiger partial charge in [-0.15, -0.1) is 0 Å². The van der Waals surface area contributed by atoms with E-state index in [2.05, 4.69) is 41.5 Å². The van der Waals surface area contributed by atoms with Gasteiger partial charge in [-0.2, -0.15) is 5.10 Å². The third-order valence-corrected chi connectivity index (χ3v) is 7.04. The van der Waals surface area contributed by atoms with E-state index in [1.165, 1.54) is 62.6 Å². The number of hydrogen-bond acceptors (Lipinski definition) is 7. The predicted molar refractivity (Wildman–Crippen MR) is 164 cm³/mol. The Hall–Kier alpha value is -4.90. The van der Waals surface area contributed by atoms with Crippen LogP contribution in [0.1, 0.15) is 53.9 Å². The summed E-state index contributed by atoms with van der Waals surface area (Å²) in [5.74, 6) is -1.26. The second-order valence-electron chi connectivity index (χ2n) is 11.5. The van der Waals surface area contributed by atoms with E-state index < -0.39 is 29.3 Å². The number of likely N-dealkylation sites (N-methyl/N-ethyl adjacent to an activating group) is 1. The largest absolute Gasteiger partial charge is 0.378 e. The lowest BCUT2D eigenvalue weighted by Gasteiger charge is -2.19. The molecule has 224 valence electrons. The van der Waals surface area contributed by atoms with Gasteiger partial charge >= 0.3 is 0 Å². The van der Waals surface area contributed by atoms with Gasteiger partial charge in [0.25, 0.3) is 17.4 Å². The average Bonchev–Trinajstić information content (AvgIpc) is 2.96. The molecule has 10 nitrogen and oxygen atoms in total. The maximum Gasteiger partial charge on any atom is 0.290 e. The highest BCUT2D eigenvalue weighted by molar-refractivity contribution is 6.05. The summed E-state index contributed by atoms with van der Waals surface area (Å²) in [5.41, 5.74) is 2.70. The number of amides is 2. The number of rotatable bonds is 7. The molecule has 0 unspecified atom stereocenters. The van der Waals surface area contributed by atoms with Crippen LogP contribution in [0.15, 0.2) is 65.6 Å². The number of aromatic nitrogens is 3. The summed E-state index contributed by atoms with van der Waals surface area (Å²) in [5, 5.41) is 20.2. The zero-order valence-corrected chi connectivity index (χ0v) is 25.2. The van der Waals surface area contributed by atoms with E-state index in [9.17, 15) is 23.9 Å². The number of pyridine rings is 1. The summed E-state index contributed by atoms with van der Waals surface area (Å²) in [4.78, 5) is 43.5. The Morgan fingerprint density at radius 1 is 1.05 bits per heavy atom. The van der Waals surface area contributed by atoms with E-state index in [4.69, 9.17) is 0 Å². The SMILES string of the molecule is Cc1c(-c2cc(Nc3ccc([C@@H](O)C(=O)N(C)C)cn3)c(=O)n(C)n2)ccc(F)c1NC(=O)c1ccc(C(C)(C)C)cc1. The molecule has 2 aromatic heterocycles. The van der Waals surface area contributed by atoms with Crippen LogP contribution in [0.2, 0.25) is 0 Å². The monoisotopic (exact) mass is 586 g/mol. The molecule has 11 heteroatoms. The summed E-state index contributed by atoms with van der Waals surface area (Å²) in [6.07, 6.45) is -0.0209. The molecular formula is C32H35FN6O4. The summed E-state index contributed by atoms with van der Waals surface area (Å²) in [6, 6.07) is 14.5. The van der Waals surface area contributed by atoms with E-state index in [0.717, 1.165) is 10.2 Å². The summed E-state index contributed by atoms with van der Waals surface area (Å²) in [6.45, 7) is 7.90. The van der Waals surface area contributed by atoms with Crippen molar-refractivity contribution in [1.82, 2.24) is 19.7 Å². The van der Waals surface area contributed by atoms with E-state index in [1.54, 1.807) is 19.1 Å². The van der Waals surface area contributed by atoms with Crippen molar-refractivity contribution < 1.29 is 19.1 Å².